The Balaban J connectivity index is 0.00000182. The maximum absolute atomic E-state index is 12.5. The summed E-state index contributed by atoms with van der Waals surface area (Å²) in [7, 11) is 0. The minimum atomic E-state index is -0.383. The number of carbonyl (C=O) groups is 1. The Bertz CT molecular complexity index is 722. The molecular formula is C18H23ClN4O2. The summed E-state index contributed by atoms with van der Waals surface area (Å²) >= 11 is 0. The van der Waals surface area contributed by atoms with Crippen LogP contribution in [0, 0.1) is 0 Å². The monoisotopic (exact) mass is 362 g/mol. The molecule has 2 aliphatic rings. The van der Waals surface area contributed by atoms with Gasteiger partial charge in [-0.2, -0.15) is 4.98 Å². The van der Waals surface area contributed by atoms with Gasteiger partial charge in [0.05, 0.1) is 5.54 Å². The number of aromatic nitrogens is 2. The topological polar surface area (TPSA) is 85.2 Å². The first kappa shape index (κ1) is 17.9. The number of rotatable bonds is 3. The lowest BCUT2D eigenvalue weighted by atomic mass is 9.77. The van der Waals surface area contributed by atoms with Crippen molar-refractivity contribution in [3.63, 3.8) is 0 Å². The Morgan fingerprint density at radius 2 is 1.88 bits per heavy atom. The van der Waals surface area contributed by atoms with Gasteiger partial charge in [-0.05, 0) is 44.2 Å². The standard InChI is InChI=1S/C18H22N4O2.ClH/c19-18(9-4-10-18)17-20-15(24-21-17)13-7-11-22(12-8-13)16(23)14-5-2-1-3-6-14;/h1-3,5-6,13H,4,7-12,19H2;1H. The largest absolute Gasteiger partial charge is 0.339 e. The molecule has 2 aromatic rings. The zero-order chi connectivity index (χ0) is 16.6. The number of nitrogens with zero attached hydrogens (tertiary/aromatic N) is 3. The first-order valence-corrected chi connectivity index (χ1v) is 8.63. The van der Waals surface area contributed by atoms with E-state index in [1.807, 2.05) is 35.2 Å². The number of hydrogen-bond donors (Lipinski definition) is 1. The normalized spacial score (nSPS) is 19.8. The predicted molar refractivity (Wildman–Crippen MR) is 95.6 cm³/mol. The van der Waals surface area contributed by atoms with Crippen LogP contribution >= 0.6 is 12.4 Å². The highest BCUT2D eigenvalue weighted by Crippen LogP contribution is 2.38. The number of hydrogen-bond acceptors (Lipinski definition) is 5. The fraction of sp³-hybridized carbons (Fsp3) is 0.500. The Hall–Kier alpha value is -1.92. The van der Waals surface area contributed by atoms with Crippen molar-refractivity contribution in [2.75, 3.05) is 13.1 Å². The van der Waals surface area contributed by atoms with Crippen molar-refractivity contribution in [1.82, 2.24) is 15.0 Å². The van der Waals surface area contributed by atoms with Gasteiger partial charge in [0.25, 0.3) is 5.91 Å². The lowest BCUT2D eigenvalue weighted by Crippen LogP contribution is -2.44. The van der Waals surface area contributed by atoms with Crippen molar-refractivity contribution >= 4 is 18.3 Å². The van der Waals surface area contributed by atoms with Gasteiger partial charge in [-0.3, -0.25) is 4.79 Å². The summed E-state index contributed by atoms with van der Waals surface area (Å²) in [5.41, 5.74) is 6.61. The average Bonchev–Trinajstić information content (AvgIpc) is 3.10. The number of likely N-dealkylation sites (tertiary alicyclic amines) is 1. The molecule has 2 heterocycles. The van der Waals surface area contributed by atoms with Crippen LogP contribution in [-0.2, 0) is 5.54 Å². The highest BCUT2D eigenvalue weighted by atomic mass is 35.5. The summed E-state index contributed by atoms with van der Waals surface area (Å²) in [4.78, 5) is 18.9. The molecule has 7 heteroatoms. The zero-order valence-corrected chi connectivity index (χ0v) is 14.9. The predicted octanol–water partition coefficient (Wildman–Crippen LogP) is 2.85. The van der Waals surface area contributed by atoms with Crippen molar-refractivity contribution < 1.29 is 9.32 Å². The van der Waals surface area contributed by atoms with E-state index in [9.17, 15) is 4.79 Å². The molecule has 0 atom stereocenters. The van der Waals surface area contributed by atoms with Gasteiger partial charge in [0, 0.05) is 24.6 Å². The third kappa shape index (κ3) is 3.41. The van der Waals surface area contributed by atoms with Crippen LogP contribution < -0.4 is 5.73 Å². The third-order valence-corrected chi connectivity index (χ3v) is 5.28. The summed E-state index contributed by atoms with van der Waals surface area (Å²) in [5.74, 6) is 1.63. The Kier molecular flexibility index (Phi) is 5.11. The second-order valence-corrected chi connectivity index (χ2v) is 6.90. The average molecular weight is 363 g/mol. The molecular weight excluding hydrogens is 340 g/mol. The Labute approximate surface area is 153 Å². The van der Waals surface area contributed by atoms with Crippen LogP contribution in [0.2, 0.25) is 0 Å². The number of carbonyl (C=O) groups excluding carboxylic acids is 1. The van der Waals surface area contributed by atoms with E-state index in [1.54, 1.807) is 0 Å². The molecule has 6 nitrogen and oxygen atoms in total. The van der Waals surface area contributed by atoms with Crippen molar-refractivity contribution in [2.24, 2.45) is 5.73 Å². The van der Waals surface area contributed by atoms with Crippen molar-refractivity contribution in [3.05, 3.63) is 47.6 Å². The number of piperidine rings is 1. The van der Waals surface area contributed by atoms with E-state index in [4.69, 9.17) is 10.3 Å². The van der Waals surface area contributed by atoms with Gasteiger partial charge in [0.1, 0.15) is 0 Å². The first-order chi connectivity index (χ1) is 11.7. The maximum Gasteiger partial charge on any atom is 0.253 e. The van der Waals surface area contributed by atoms with E-state index in [2.05, 4.69) is 10.1 Å². The van der Waals surface area contributed by atoms with Crippen LogP contribution in [0.25, 0.3) is 0 Å². The summed E-state index contributed by atoms with van der Waals surface area (Å²) in [6, 6.07) is 9.42. The van der Waals surface area contributed by atoms with Gasteiger partial charge in [0.15, 0.2) is 5.82 Å². The number of halogens is 1. The zero-order valence-electron chi connectivity index (χ0n) is 14.1. The summed E-state index contributed by atoms with van der Waals surface area (Å²) < 4.78 is 5.46. The van der Waals surface area contributed by atoms with Crippen molar-refractivity contribution in [3.8, 4) is 0 Å². The van der Waals surface area contributed by atoms with Crippen LogP contribution in [-0.4, -0.2) is 34.0 Å². The molecule has 1 aromatic carbocycles. The van der Waals surface area contributed by atoms with Gasteiger partial charge < -0.3 is 15.2 Å². The summed E-state index contributed by atoms with van der Waals surface area (Å²) in [6.45, 7) is 1.42. The van der Waals surface area contributed by atoms with E-state index in [1.165, 1.54) is 0 Å². The summed E-state index contributed by atoms with van der Waals surface area (Å²) in [5, 5.41) is 4.10. The summed E-state index contributed by atoms with van der Waals surface area (Å²) in [6.07, 6.45) is 4.67. The quantitative estimate of drug-likeness (QED) is 0.907. The highest BCUT2D eigenvalue weighted by Gasteiger charge is 2.39. The molecule has 1 aromatic heterocycles. The molecule has 4 rings (SSSR count). The van der Waals surface area contributed by atoms with Gasteiger partial charge in [0.2, 0.25) is 5.89 Å². The van der Waals surface area contributed by atoms with Gasteiger partial charge in [-0.15, -0.1) is 12.4 Å². The molecule has 0 bridgehead atoms. The van der Waals surface area contributed by atoms with E-state index in [0.29, 0.717) is 24.8 Å². The minimum Gasteiger partial charge on any atom is -0.339 e. The minimum absolute atomic E-state index is 0. The molecule has 1 aliphatic heterocycles. The molecule has 1 saturated heterocycles. The number of benzene rings is 1. The Morgan fingerprint density at radius 1 is 1.20 bits per heavy atom. The fourth-order valence-corrected chi connectivity index (χ4v) is 3.48. The van der Waals surface area contributed by atoms with Crippen LogP contribution in [0.4, 0.5) is 0 Å². The van der Waals surface area contributed by atoms with E-state index < -0.39 is 0 Å². The van der Waals surface area contributed by atoms with E-state index in [0.717, 1.165) is 37.7 Å². The second-order valence-electron chi connectivity index (χ2n) is 6.90. The van der Waals surface area contributed by atoms with Crippen molar-refractivity contribution in [1.29, 1.82) is 0 Å². The molecule has 1 saturated carbocycles. The van der Waals surface area contributed by atoms with E-state index >= 15 is 0 Å². The molecule has 1 amide bonds. The van der Waals surface area contributed by atoms with Crippen LogP contribution in [0.15, 0.2) is 34.9 Å². The van der Waals surface area contributed by atoms with Crippen LogP contribution in [0.1, 0.15) is 60.1 Å². The van der Waals surface area contributed by atoms with E-state index in [-0.39, 0.29) is 29.8 Å². The number of nitrogens with two attached hydrogens (primary N) is 1. The van der Waals surface area contributed by atoms with Gasteiger partial charge in [-0.25, -0.2) is 0 Å². The van der Waals surface area contributed by atoms with Crippen LogP contribution in [0.5, 0.6) is 0 Å². The number of amides is 1. The molecule has 2 fully saturated rings. The molecule has 2 N–H and O–H groups in total. The van der Waals surface area contributed by atoms with Gasteiger partial charge >= 0.3 is 0 Å². The molecule has 1 aliphatic carbocycles. The second kappa shape index (κ2) is 7.14. The first-order valence-electron chi connectivity index (χ1n) is 8.63. The fourth-order valence-electron chi connectivity index (χ4n) is 3.48. The smallest absolute Gasteiger partial charge is 0.253 e. The molecule has 0 radical (unpaired) electrons. The van der Waals surface area contributed by atoms with Gasteiger partial charge in [-0.1, -0.05) is 23.4 Å². The molecule has 0 spiro atoms. The molecule has 0 unspecified atom stereocenters. The molecule has 25 heavy (non-hydrogen) atoms. The maximum atomic E-state index is 12.5. The molecule has 134 valence electrons. The lowest BCUT2D eigenvalue weighted by Gasteiger charge is -2.34. The Morgan fingerprint density at radius 3 is 2.48 bits per heavy atom. The SMILES string of the molecule is Cl.NC1(c2noc(C3CCN(C(=O)c4ccccc4)CC3)n2)CCC1. The van der Waals surface area contributed by atoms with Crippen LogP contribution in [0.3, 0.4) is 0 Å². The van der Waals surface area contributed by atoms with Crippen molar-refractivity contribution in [2.45, 2.75) is 43.6 Å². The lowest BCUT2D eigenvalue weighted by molar-refractivity contribution is 0.0704. The highest BCUT2D eigenvalue weighted by molar-refractivity contribution is 5.94. The third-order valence-electron chi connectivity index (χ3n) is 5.28.